The van der Waals surface area contributed by atoms with E-state index in [-0.39, 0.29) is 6.10 Å². The molecule has 0 bridgehead atoms. The predicted molar refractivity (Wildman–Crippen MR) is 126 cm³/mol. The van der Waals surface area contributed by atoms with Crippen molar-refractivity contribution in [2.75, 3.05) is 6.54 Å². The topological polar surface area (TPSA) is 63.5 Å². The average molecular weight is 420 g/mol. The molecule has 0 atom stereocenters. The summed E-state index contributed by atoms with van der Waals surface area (Å²) in [5.41, 5.74) is 4.83. The fraction of sp³-hybridized carbons (Fsp3) is 0.360. The Morgan fingerprint density at radius 3 is 2.42 bits per heavy atom. The molecule has 0 aliphatic rings. The van der Waals surface area contributed by atoms with E-state index in [0.717, 1.165) is 19.0 Å². The molecular weight excluding hydrogens is 386 g/mol. The Kier molecular flexibility index (Phi) is 8.67. The summed E-state index contributed by atoms with van der Waals surface area (Å²) in [6.07, 6.45) is 4.03. The summed E-state index contributed by atoms with van der Waals surface area (Å²) >= 11 is 0. The highest BCUT2D eigenvalue weighted by molar-refractivity contribution is 5.79. The zero-order chi connectivity index (χ0) is 21.9. The van der Waals surface area contributed by atoms with Crippen molar-refractivity contribution in [3.8, 4) is 0 Å². The molecule has 0 radical (unpaired) electrons. The minimum Gasteiger partial charge on any atom is -0.374 e. The number of nitrogens with zero attached hydrogens (tertiary/aromatic N) is 3. The highest BCUT2D eigenvalue weighted by Gasteiger charge is 2.05. The largest absolute Gasteiger partial charge is 0.374 e. The van der Waals surface area contributed by atoms with Crippen molar-refractivity contribution in [1.29, 1.82) is 0 Å². The van der Waals surface area contributed by atoms with E-state index in [2.05, 4.69) is 71.2 Å². The third-order valence-electron chi connectivity index (χ3n) is 4.83. The van der Waals surface area contributed by atoms with E-state index >= 15 is 0 Å². The molecule has 0 unspecified atom stereocenters. The van der Waals surface area contributed by atoms with Gasteiger partial charge in [0.2, 0.25) is 0 Å². The maximum absolute atomic E-state index is 5.66. The van der Waals surface area contributed by atoms with E-state index < -0.39 is 0 Å². The number of hydrogen-bond acceptors (Lipinski definition) is 3. The lowest BCUT2D eigenvalue weighted by Crippen LogP contribution is -2.37. The summed E-state index contributed by atoms with van der Waals surface area (Å²) in [4.78, 5) is 4.75. The van der Waals surface area contributed by atoms with Crippen LogP contribution in [-0.4, -0.2) is 28.4 Å². The second-order valence-corrected chi connectivity index (χ2v) is 7.70. The number of hydrogen-bond donors (Lipinski definition) is 2. The fourth-order valence-electron chi connectivity index (χ4n) is 3.15. The molecule has 164 valence electrons. The maximum Gasteiger partial charge on any atom is 0.191 e. The van der Waals surface area contributed by atoms with Crippen molar-refractivity contribution in [3.05, 3.63) is 89.2 Å². The Morgan fingerprint density at radius 2 is 1.74 bits per heavy atom. The van der Waals surface area contributed by atoms with Gasteiger partial charge in [0, 0.05) is 25.5 Å². The molecule has 0 saturated heterocycles. The standard InChI is InChI=1S/C25H33N5O/c1-4-26-25(27-16-21-10-12-22(13-11-21)19-31-20(2)3)28-17-23-8-5-6-9-24(23)18-30-15-7-14-29-30/h5-15,20H,4,16-19H2,1-3H3,(H2,26,27,28). The molecule has 0 saturated carbocycles. The van der Waals surface area contributed by atoms with Gasteiger partial charge in [-0.1, -0.05) is 48.5 Å². The molecular formula is C25H33N5O. The van der Waals surface area contributed by atoms with Gasteiger partial charge < -0.3 is 15.4 Å². The second-order valence-electron chi connectivity index (χ2n) is 7.70. The Balaban J connectivity index is 1.59. The Bertz CT molecular complexity index is 933. The molecule has 0 fully saturated rings. The van der Waals surface area contributed by atoms with Crippen molar-refractivity contribution in [1.82, 2.24) is 20.4 Å². The first kappa shape index (κ1) is 22.6. The molecule has 1 heterocycles. The lowest BCUT2D eigenvalue weighted by molar-refractivity contribution is 0.0657. The molecule has 31 heavy (non-hydrogen) atoms. The van der Waals surface area contributed by atoms with Gasteiger partial charge in [-0.3, -0.25) is 4.68 Å². The SMILES string of the molecule is CCNC(=NCc1ccc(COC(C)C)cc1)NCc1ccccc1Cn1cccn1. The van der Waals surface area contributed by atoms with Gasteiger partial charge in [-0.25, -0.2) is 4.99 Å². The summed E-state index contributed by atoms with van der Waals surface area (Å²) in [6.45, 7) is 9.71. The predicted octanol–water partition coefficient (Wildman–Crippen LogP) is 4.11. The minimum absolute atomic E-state index is 0.239. The van der Waals surface area contributed by atoms with Crippen molar-refractivity contribution in [2.45, 2.75) is 53.1 Å². The van der Waals surface area contributed by atoms with E-state index in [1.807, 2.05) is 30.8 Å². The van der Waals surface area contributed by atoms with Crippen LogP contribution in [0.4, 0.5) is 0 Å². The number of aliphatic imine (C=N–C) groups is 1. The first-order valence-electron chi connectivity index (χ1n) is 10.9. The quantitative estimate of drug-likeness (QED) is 0.383. The van der Waals surface area contributed by atoms with E-state index in [4.69, 9.17) is 9.73 Å². The van der Waals surface area contributed by atoms with E-state index in [0.29, 0.717) is 19.7 Å². The van der Waals surface area contributed by atoms with Gasteiger partial charge in [0.05, 0.1) is 25.8 Å². The van der Waals surface area contributed by atoms with Crippen LogP contribution in [0.1, 0.15) is 43.0 Å². The second kappa shape index (κ2) is 11.9. The summed E-state index contributed by atoms with van der Waals surface area (Å²) in [7, 11) is 0. The number of nitrogens with one attached hydrogen (secondary N) is 2. The Labute approximate surface area is 185 Å². The van der Waals surface area contributed by atoms with Crippen LogP contribution in [-0.2, 0) is 31.0 Å². The summed E-state index contributed by atoms with van der Waals surface area (Å²) in [6, 6.07) is 18.8. The lowest BCUT2D eigenvalue weighted by atomic mass is 10.1. The zero-order valence-corrected chi connectivity index (χ0v) is 18.7. The highest BCUT2D eigenvalue weighted by Crippen LogP contribution is 2.11. The van der Waals surface area contributed by atoms with Gasteiger partial charge in [-0.15, -0.1) is 0 Å². The van der Waals surface area contributed by atoms with Gasteiger partial charge in [-0.05, 0) is 49.1 Å². The minimum atomic E-state index is 0.239. The molecule has 0 spiro atoms. The molecule has 0 amide bonds. The van der Waals surface area contributed by atoms with E-state index in [1.165, 1.54) is 22.3 Å². The third-order valence-corrected chi connectivity index (χ3v) is 4.83. The summed E-state index contributed by atoms with van der Waals surface area (Å²) in [5, 5.41) is 11.1. The molecule has 6 nitrogen and oxygen atoms in total. The number of guanidine groups is 1. The van der Waals surface area contributed by atoms with Crippen molar-refractivity contribution in [2.24, 2.45) is 4.99 Å². The van der Waals surface area contributed by atoms with Gasteiger partial charge >= 0.3 is 0 Å². The Morgan fingerprint density at radius 1 is 1.00 bits per heavy atom. The van der Waals surface area contributed by atoms with Crippen LogP contribution in [0.15, 0.2) is 72.0 Å². The van der Waals surface area contributed by atoms with Gasteiger partial charge in [0.15, 0.2) is 5.96 Å². The van der Waals surface area contributed by atoms with Crippen molar-refractivity contribution in [3.63, 3.8) is 0 Å². The first-order chi connectivity index (χ1) is 15.1. The van der Waals surface area contributed by atoms with Crippen LogP contribution >= 0.6 is 0 Å². The van der Waals surface area contributed by atoms with Gasteiger partial charge in [0.25, 0.3) is 0 Å². The van der Waals surface area contributed by atoms with Crippen molar-refractivity contribution >= 4 is 5.96 Å². The highest BCUT2D eigenvalue weighted by atomic mass is 16.5. The number of ether oxygens (including phenoxy) is 1. The van der Waals surface area contributed by atoms with Gasteiger partial charge in [-0.2, -0.15) is 5.10 Å². The molecule has 3 aromatic rings. The number of rotatable bonds is 10. The molecule has 0 aliphatic heterocycles. The molecule has 3 rings (SSSR count). The van der Waals surface area contributed by atoms with Crippen LogP contribution in [0.2, 0.25) is 0 Å². The average Bonchev–Trinajstić information content (AvgIpc) is 3.29. The number of benzene rings is 2. The number of aromatic nitrogens is 2. The van der Waals surface area contributed by atoms with Crippen LogP contribution in [0.3, 0.4) is 0 Å². The molecule has 1 aromatic heterocycles. The fourth-order valence-corrected chi connectivity index (χ4v) is 3.15. The normalized spacial score (nSPS) is 11.7. The van der Waals surface area contributed by atoms with E-state index in [9.17, 15) is 0 Å². The maximum atomic E-state index is 5.66. The van der Waals surface area contributed by atoms with Crippen LogP contribution < -0.4 is 10.6 Å². The summed E-state index contributed by atoms with van der Waals surface area (Å²) < 4.78 is 7.60. The van der Waals surface area contributed by atoms with Gasteiger partial charge in [0.1, 0.15) is 0 Å². The molecule has 2 aromatic carbocycles. The molecule has 0 aliphatic carbocycles. The zero-order valence-electron chi connectivity index (χ0n) is 18.7. The lowest BCUT2D eigenvalue weighted by Gasteiger charge is -2.14. The van der Waals surface area contributed by atoms with Crippen molar-refractivity contribution < 1.29 is 4.74 Å². The Hall–Kier alpha value is -3.12. The van der Waals surface area contributed by atoms with Crippen LogP contribution in [0.25, 0.3) is 0 Å². The first-order valence-corrected chi connectivity index (χ1v) is 10.9. The third kappa shape index (κ3) is 7.57. The van der Waals surface area contributed by atoms with E-state index in [1.54, 1.807) is 6.20 Å². The molecule has 6 heteroatoms. The molecule has 2 N–H and O–H groups in total. The monoisotopic (exact) mass is 419 g/mol. The van der Waals surface area contributed by atoms with Crippen LogP contribution in [0.5, 0.6) is 0 Å². The van der Waals surface area contributed by atoms with Crippen LogP contribution in [0, 0.1) is 0 Å². The smallest absolute Gasteiger partial charge is 0.191 e. The summed E-state index contributed by atoms with van der Waals surface area (Å²) in [5.74, 6) is 0.809.